The molecule has 0 heterocycles. The third kappa shape index (κ3) is 2.40. The van der Waals surface area contributed by atoms with Gasteiger partial charge >= 0.3 is 0 Å². The number of nitrogens with one attached hydrogen (secondary N) is 1. The maximum atomic E-state index is 11.3. The van der Waals surface area contributed by atoms with E-state index in [1.807, 2.05) is 0 Å². The molecule has 1 aromatic rings. The number of methoxy groups -OCH3 is 1. The van der Waals surface area contributed by atoms with Crippen molar-refractivity contribution in [2.45, 2.75) is 11.8 Å². The van der Waals surface area contributed by atoms with E-state index < -0.39 is 10.0 Å². The first-order chi connectivity index (χ1) is 6.92. The van der Waals surface area contributed by atoms with E-state index in [1.54, 1.807) is 6.92 Å². The van der Waals surface area contributed by atoms with Crippen LogP contribution in [0.15, 0.2) is 17.0 Å². The van der Waals surface area contributed by atoms with E-state index in [-0.39, 0.29) is 9.92 Å². The lowest BCUT2D eigenvalue weighted by Gasteiger charge is -2.09. The Bertz CT molecular complexity index is 472. The fourth-order valence-corrected chi connectivity index (χ4v) is 2.29. The molecule has 84 valence electrons. The molecule has 0 amide bonds. The quantitative estimate of drug-likeness (QED) is 0.795. The zero-order valence-corrected chi connectivity index (χ0v) is 9.69. The molecule has 0 aliphatic rings. The molecule has 0 unspecified atom stereocenters. The Hall–Kier alpha value is -0.820. The Balaban J connectivity index is 3.41. The molecule has 0 bridgehead atoms. The average Bonchev–Trinajstić information content (AvgIpc) is 2.20. The first-order valence-electron chi connectivity index (χ1n) is 3.92. The van der Waals surface area contributed by atoms with Crippen LogP contribution in [-0.4, -0.2) is 20.7 Å². The lowest BCUT2D eigenvalue weighted by Crippen LogP contribution is -2.20. The van der Waals surface area contributed by atoms with Gasteiger partial charge in [-0.25, -0.2) is 8.42 Å². The molecule has 0 radical (unpaired) electrons. The summed E-state index contributed by atoms with van der Waals surface area (Å²) in [4.78, 5) is 1.15. The molecule has 0 aromatic heterocycles. The summed E-state index contributed by atoms with van der Waals surface area (Å²) in [5.41, 5.74) is 0.429. The third-order valence-electron chi connectivity index (χ3n) is 1.86. The number of hydrogen-bond donors (Lipinski definition) is 2. The number of sulfonamides is 1. The number of hydrogen-bond acceptors (Lipinski definition) is 4. The van der Waals surface area contributed by atoms with E-state index in [1.165, 1.54) is 24.1 Å². The molecule has 0 spiro atoms. The maximum absolute atomic E-state index is 11.3. The first-order valence-corrected chi connectivity index (χ1v) is 5.78. The van der Waals surface area contributed by atoms with Gasteiger partial charge in [-0.15, -0.1) is 0 Å². The molecule has 1 aromatic carbocycles. The molecule has 1 rings (SSSR count). The topological polar surface area (TPSA) is 75.6 Å². The molecule has 0 saturated heterocycles. The summed E-state index contributed by atoms with van der Waals surface area (Å²) >= 11 is 5.77. The van der Waals surface area contributed by atoms with Crippen molar-refractivity contribution in [3.8, 4) is 5.75 Å². The van der Waals surface area contributed by atoms with Gasteiger partial charge in [0.25, 0.3) is 10.0 Å². The minimum Gasteiger partial charge on any atom is -0.495 e. The maximum Gasteiger partial charge on any atom is 0.262 e. The molecule has 2 N–H and O–H groups in total. The van der Waals surface area contributed by atoms with Gasteiger partial charge in [-0.1, -0.05) is 16.5 Å². The van der Waals surface area contributed by atoms with Crippen LogP contribution in [-0.2, 0) is 10.0 Å². The Kier molecular flexibility index (Phi) is 3.56. The minimum absolute atomic E-state index is 0.0872. The van der Waals surface area contributed by atoms with E-state index in [0.29, 0.717) is 11.3 Å². The highest BCUT2D eigenvalue weighted by molar-refractivity contribution is 7.89. The van der Waals surface area contributed by atoms with Crippen molar-refractivity contribution < 1.29 is 18.4 Å². The molecular weight excluding hydrogens is 242 g/mol. The van der Waals surface area contributed by atoms with Gasteiger partial charge in [0, 0.05) is 0 Å². The number of rotatable bonds is 3. The molecule has 0 fully saturated rings. The second-order valence-electron chi connectivity index (χ2n) is 2.85. The highest BCUT2D eigenvalue weighted by Gasteiger charge is 2.18. The number of ether oxygens (including phenoxy) is 1. The second-order valence-corrected chi connectivity index (χ2v) is 4.88. The molecular formula is C8H10ClNO4S. The number of benzene rings is 1. The van der Waals surface area contributed by atoms with E-state index in [9.17, 15) is 8.42 Å². The monoisotopic (exact) mass is 251 g/mol. The van der Waals surface area contributed by atoms with Gasteiger partial charge in [0.1, 0.15) is 5.75 Å². The van der Waals surface area contributed by atoms with Gasteiger partial charge in [0.2, 0.25) is 0 Å². The van der Waals surface area contributed by atoms with Crippen LogP contribution in [0.2, 0.25) is 5.02 Å². The molecule has 0 aliphatic heterocycles. The van der Waals surface area contributed by atoms with Crippen LogP contribution in [0.4, 0.5) is 0 Å². The standard InChI is InChI=1S/C8H10ClNO4S/c1-5-3-7(14-2)6(9)4-8(5)15(12,13)10-11/h3-4,10-11H,1-2H3. The number of aryl methyl sites for hydroxylation is 1. The van der Waals surface area contributed by atoms with Crippen molar-refractivity contribution in [3.63, 3.8) is 0 Å². The highest BCUT2D eigenvalue weighted by atomic mass is 35.5. The lowest BCUT2D eigenvalue weighted by atomic mass is 10.2. The largest absolute Gasteiger partial charge is 0.495 e. The highest BCUT2D eigenvalue weighted by Crippen LogP contribution is 2.29. The predicted molar refractivity (Wildman–Crippen MR) is 54.8 cm³/mol. The SMILES string of the molecule is COc1cc(C)c(S(=O)(=O)NO)cc1Cl. The molecule has 0 aliphatic carbocycles. The molecule has 0 saturated carbocycles. The normalized spacial score (nSPS) is 11.5. The Labute approximate surface area is 92.6 Å². The summed E-state index contributed by atoms with van der Waals surface area (Å²) in [5.74, 6) is 0.381. The second kappa shape index (κ2) is 4.36. The van der Waals surface area contributed by atoms with E-state index >= 15 is 0 Å². The van der Waals surface area contributed by atoms with E-state index in [2.05, 4.69) is 0 Å². The summed E-state index contributed by atoms with van der Waals surface area (Å²) in [5, 5.41) is 8.64. The van der Waals surface area contributed by atoms with E-state index in [4.69, 9.17) is 21.5 Å². The minimum atomic E-state index is -3.91. The van der Waals surface area contributed by atoms with Gasteiger partial charge in [-0.05, 0) is 24.6 Å². The smallest absolute Gasteiger partial charge is 0.262 e. The van der Waals surface area contributed by atoms with Crippen LogP contribution < -0.4 is 9.62 Å². The van der Waals surface area contributed by atoms with Crippen LogP contribution in [0.25, 0.3) is 0 Å². The average molecular weight is 252 g/mol. The molecule has 15 heavy (non-hydrogen) atoms. The fraction of sp³-hybridized carbons (Fsp3) is 0.250. The van der Waals surface area contributed by atoms with E-state index in [0.717, 1.165) is 0 Å². The van der Waals surface area contributed by atoms with Crippen LogP contribution in [0.3, 0.4) is 0 Å². The molecule has 7 heteroatoms. The third-order valence-corrected chi connectivity index (χ3v) is 3.41. The Morgan fingerprint density at radius 2 is 2.07 bits per heavy atom. The zero-order valence-electron chi connectivity index (χ0n) is 8.11. The van der Waals surface area contributed by atoms with Crippen LogP contribution >= 0.6 is 11.6 Å². The number of halogens is 1. The Morgan fingerprint density at radius 1 is 1.47 bits per heavy atom. The van der Waals surface area contributed by atoms with Gasteiger partial charge in [-0.3, -0.25) is 0 Å². The lowest BCUT2D eigenvalue weighted by molar-refractivity contribution is 0.242. The van der Waals surface area contributed by atoms with Crippen LogP contribution in [0, 0.1) is 6.92 Å². The van der Waals surface area contributed by atoms with Crippen molar-refractivity contribution in [2.75, 3.05) is 7.11 Å². The van der Waals surface area contributed by atoms with Crippen molar-refractivity contribution in [3.05, 3.63) is 22.7 Å². The summed E-state index contributed by atoms with van der Waals surface area (Å²) in [6.45, 7) is 1.57. The van der Waals surface area contributed by atoms with Crippen LogP contribution in [0.5, 0.6) is 5.75 Å². The van der Waals surface area contributed by atoms with Gasteiger partial charge < -0.3 is 9.94 Å². The first kappa shape index (κ1) is 12.3. The van der Waals surface area contributed by atoms with Gasteiger partial charge in [-0.2, -0.15) is 0 Å². The zero-order chi connectivity index (χ0) is 11.6. The fourth-order valence-electron chi connectivity index (χ4n) is 1.13. The van der Waals surface area contributed by atoms with Crippen molar-refractivity contribution in [2.24, 2.45) is 0 Å². The van der Waals surface area contributed by atoms with Crippen LogP contribution in [0.1, 0.15) is 5.56 Å². The Morgan fingerprint density at radius 3 is 2.53 bits per heavy atom. The predicted octanol–water partition coefficient (Wildman–Crippen LogP) is 1.32. The summed E-state index contributed by atoms with van der Waals surface area (Å²) in [6, 6.07) is 2.70. The van der Waals surface area contributed by atoms with Crippen molar-refractivity contribution in [1.82, 2.24) is 4.89 Å². The molecule has 5 nitrogen and oxygen atoms in total. The van der Waals surface area contributed by atoms with Crippen molar-refractivity contribution >= 4 is 21.6 Å². The summed E-state index contributed by atoms with van der Waals surface area (Å²) < 4.78 is 27.5. The van der Waals surface area contributed by atoms with Gasteiger partial charge in [0.15, 0.2) is 0 Å². The molecule has 0 atom stereocenters. The van der Waals surface area contributed by atoms with Crippen molar-refractivity contribution in [1.29, 1.82) is 0 Å². The summed E-state index contributed by atoms with van der Waals surface area (Å²) in [7, 11) is -2.48. The van der Waals surface area contributed by atoms with Gasteiger partial charge in [0.05, 0.1) is 17.0 Å². The summed E-state index contributed by atoms with van der Waals surface area (Å²) in [6.07, 6.45) is 0.